The number of hydrogen-bond donors (Lipinski definition) is 0. The number of likely N-dealkylation sites (tertiary alicyclic amines) is 1. The summed E-state index contributed by atoms with van der Waals surface area (Å²) in [7, 11) is 2.12. The summed E-state index contributed by atoms with van der Waals surface area (Å²) >= 11 is 7.09. The standard InChI is InChI=1S/C14H19Br2N3O/c1-10(20)19-4-3-11(8-19)7-18(2)9-12-13(15)5-17-6-14(12)16/h5-6,11H,3-4,7-9H2,1-2H3/t11-/m1/s1. The van der Waals surface area contributed by atoms with Gasteiger partial charge in [-0.1, -0.05) is 0 Å². The van der Waals surface area contributed by atoms with E-state index in [9.17, 15) is 4.79 Å². The number of hydrogen-bond acceptors (Lipinski definition) is 3. The van der Waals surface area contributed by atoms with Crippen LogP contribution in [0.5, 0.6) is 0 Å². The van der Waals surface area contributed by atoms with Crippen molar-refractivity contribution in [2.24, 2.45) is 5.92 Å². The van der Waals surface area contributed by atoms with Crippen molar-refractivity contribution in [2.45, 2.75) is 19.9 Å². The van der Waals surface area contributed by atoms with E-state index in [2.05, 4.69) is 48.8 Å². The van der Waals surface area contributed by atoms with E-state index >= 15 is 0 Å². The molecule has 0 aliphatic carbocycles. The second kappa shape index (κ2) is 7.00. The molecule has 1 aromatic heterocycles. The van der Waals surface area contributed by atoms with Crippen molar-refractivity contribution >= 4 is 37.8 Å². The maximum absolute atomic E-state index is 11.4. The highest BCUT2D eigenvalue weighted by atomic mass is 79.9. The molecule has 0 radical (unpaired) electrons. The van der Waals surface area contributed by atoms with Gasteiger partial charge in [0.25, 0.3) is 0 Å². The smallest absolute Gasteiger partial charge is 0.219 e. The zero-order chi connectivity index (χ0) is 14.7. The van der Waals surface area contributed by atoms with Crippen LogP contribution in [0.3, 0.4) is 0 Å². The number of pyridine rings is 1. The van der Waals surface area contributed by atoms with Crippen LogP contribution in [-0.4, -0.2) is 47.4 Å². The molecule has 1 amide bonds. The summed E-state index contributed by atoms with van der Waals surface area (Å²) in [5, 5.41) is 0. The SMILES string of the molecule is CC(=O)N1CC[C@H](CN(C)Cc2c(Br)cncc2Br)C1. The van der Waals surface area contributed by atoms with Gasteiger partial charge in [0.05, 0.1) is 0 Å². The number of aromatic nitrogens is 1. The number of carbonyl (C=O) groups is 1. The van der Waals surface area contributed by atoms with Gasteiger partial charge < -0.3 is 9.80 Å². The molecular weight excluding hydrogens is 386 g/mol. The largest absolute Gasteiger partial charge is 0.343 e. The molecule has 1 aliphatic rings. The van der Waals surface area contributed by atoms with Crippen LogP contribution in [0, 0.1) is 5.92 Å². The van der Waals surface area contributed by atoms with Crippen LogP contribution >= 0.6 is 31.9 Å². The first-order valence-electron chi connectivity index (χ1n) is 6.69. The van der Waals surface area contributed by atoms with E-state index in [0.717, 1.165) is 41.5 Å². The third kappa shape index (κ3) is 4.02. The quantitative estimate of drug-likeness (QED) is 0.774. The molecule has 0 bridgehead atoms. The highest BCUT2D eigenvalue weighted by molar-refractivity contribution is 9.11. The number of halogens is 2. The molecule has 4 nitrogen and oxygen atoms in total. The highest BCUT2D eigenvalue weighted by Crippen LogP contribution is 2.26. The fourth-order valence-corrected chi connectivity index (χ4v) is 3.81. The third-order valence-electron chi connectivity index (χ3n) is 3.68. The summed E-state index contributed by atoms with van der Waals surface area (Å²) in [5.74, 6) is 0.762. The first kappa shape index (κ1) is 15.9. The van der Waals surface area contributed by atoms with Crippen molar-refractivity contribution in [1.29, 1.82) is 0 Å². The van der Waals surface area contributed by atoms with Crippen molar-refractivity contribution in [1.82, 2.24) is 14.8 Å². The molecule has 20 heavy (non-hydrogen) atoms. The summed E-state index contributed by atoms with van der Waals surface area (Å²) in [6, 6.07) is 0. The maximum Gasteiger partial charge on any atom is 0.219 e. The molecule has 1 aliphatic heterocycles. The van der Waals surface area contributed by atoms with Gasteiger partial charge in [-0.05, 0) is 56.8 Å². The second-order valence-corrected chi connectivity index (χ2v) is 7.11. The minimum Gasteiger partial charge on any atom is -0.343 e. The molecule has 1 atom stereocenters. The van der Waals surface area contributed by atoms with E-state index in [1.807, 2.05) is 17.3 Å². The minimum atomic E-state index is 0.190. The Balaban J connectivity index is 1.90. The first-order chi connectivity index (χ1) is 9.47. The molecule has 110 valence electrons. The van der Waals surface area contributed by atoms with E-state index in [4.69, 9.17) is 0 Å². The fourth-order valence-electron chi connectivity index (χ4n) is 2.63. The highest BCUT2D eigenvalue weighted by Gasteiger charge is 2.25. The minimum absolute atomic E-state index is 0.190. The van der Waals surface area contributed by atoms with Gasteiger partial charge >= 0.3 is 0 Å². The van der Waals surface area contributed by atoms with E-state index in [0.29, 0.717) is 5.92 Å². The molecule has 1 saturated heterocycles. The average molecular weight is 405 g/mol. The van der Waals surface area contributed by atoms with Crippen LogP contribution in [-0.2, 0) is 11.3 Å². The summed E-state index contributed by atoms with van der Waals surface area (Å²) in [4.78, 5) is 19.7. The second-order valence-electron chi connectivity index (χ2n) is 5.40. The van der Waals surface area contributed by atoms with Crippen molar-refractivity contribution < 1.29 is 4.79 Å². The Hall–Kier alpha value is -0.460. The van der Waals surface area contributed by atoms with E-state index in [-0.39, 0.29) is 5.91 Å². The lowest BCUT2D eigenvalue weighted by molar-refractivity contribution is -0.127. The summed E-state index contributed by atoms with van der Waals surface area (Å²) in [5.41, 5.74) is 1.21. The third-order valence-corrected chi connectivity index (χ3v) is 5.05. The van der Waals surface area contributed by atoms with Crippen LogP contribution < -0.4 is 0 Å². The van der Waals surface area contributed by atoms with E-state index in [1.165, 1.54) is 5.56 Å². The lowest BCUT2D eigenvalue weighted by Crippen LogP contribution is -2.30. The first-order valence-corrected chi connectivity index (χ1v) is 8.28. The predicted molar refractivity (Wildman–Crippen MR) is 86.3 cm³/mol. The van der Waals surface area contributed by atoms with Crippen molar-refractivity contribution in [3.05, 3.63) is 26.9 Å². The van der Waals surface area contributed by atoms with Gasteiger partial charge in [0.15, 0.2) is 0 Å². The van der Waals surface area contributed by atoms with Crippen LogP contribution in [0.25, 0.3) is 0 Å². The Morgan fingerprint density at radius 2 is 2.10 bits per heavy atom. The average Bonchev–Trinajstić information content (AvgIpc) is 2.82. The summed E-state index contributed by atoms with van der Waals surface area (Å²) in [6.07, 6.45) is 4.74. The Morgan fingerprint density at radius 3 is 2.65 bits per heavy atom. The van der Waals surface area contributed by atoms with Gasteiger partial charge in [-0.25, -0.2) is 0 Å². The molecule has 2 heterocycles. The molecule has 1 fully saturated rings. The molecule has 1 aromatic rings. The number of amides is 1. The molecule has 0 unspecified atom stereocenters. The number of nitrogens with zero attached hydrogens (tertiary/aromatic N) is 3. The molecule has 0 spiro atoms. The van der Waals surface area contributed by atoms with Crippen molar-refractivity contribution in [3.63, 3.8) is 0 Å². The molecular formula is C14H19Br2N3O. The lowest BCUT2D eigenvalue weighted by atomic mass is 10.1. The van der Waals surface area contributed by atoms with Crippen molar-refractivity contribution in [3.8, 4) is 0 Å². The monoisotopic (exact) mass is 403 g/mol. The lowest BCUT2D eigenvalue weighted by Gasteiger charge is -2.22. The van der Waals surface area contributed by atoms with Crippen LogP contribution in [0.2, 0.25) is 0 Å². The van der Waals surface area contributed by atoms with Crippen LogP contribution in [0.4, 0.5) is 0 Å². The Bertz CT molecular complexity index is 475. The zero-order valence-electron chi connectivity index (χ0n) is 11.8. The van der Waals surface area contributed by atoms with E-state index < -0.39 is 0 Å². The predicted octanol–water partition coefficient (Wildman–Crippen LogP) is 2.91. The summed E-state index contributed by atoms with van der Waals surface area (Å²) < 4.78 is 2.05. The van der Waals surface area contributed by atoms with Gasteiger partial charge in [-0.2, -0.15) is 0 Å². The van der Waals surface area contributed by atoms with Crippen molar-refractivity contribution in [2.75, 3.05) is 26.7 Å². The molecule has 2 rings (SSSR count). The normalized spacial score (nSPS) is 18.9. The Kier molecular flexibility index (Phi) is 5.57. The summed E-state index contributed by atoms with van der Waals surface area (Å²) in [6.45, 7) is 5.30. The molecule has 0 saturated carbocycles. The molecule has 6 heteroatoms. The van der Waals surface area contributed by atoms with Gasteiger partial charge in [0.2, 0.25) is 5.91 Å². The van der Waals surface area contributed by atoms with Gasteiger partial charge in [0.1, 0.15) is 0 Å². The topological polar surface area (TPSA) is 36.4 Å². The Labute approximate surface area is 136 Å². The zero-order valence-corrected chi connectivity index (χ0v) is 14.9. The van der Waals surface area contributed by atoms with Gasteiger partial charge in [-0.3, -0.25) is 9.78 Å². The number of carbonyl (C=O) groups excluding carboxylic acids is 1. The van der Waals surface area contributed by atoms with E-state index in [1.54, 1.807) is 6.92 Å². The Morgan fingerprint density at radius 1 is 1.45 bits per heavy atom. The van der Waals surface area contributed by atoms with Crippen LogP contribution in [0.15, 0.2) is 21.3 Å². The van der Waals surface area contributed by atoms with Gasteiger partial charge in [0, 0.05) is 54.4 Å². The van der Waals surface area contributed by atoms with Crippen LogP contribution in [0.1, 0.15) is 18.9 Å². The number of rotatable bonds is 4. The maximum atomic E-state index is 11.4. The molecule has 0 N–H and O–H groups in total. The molecule has 0 aromatic carbocycles. The fraction of sp³-hybridized carbons (Fsp3) is 0.571. The van der Waals surface area contributed by atoms with Gasteiger partial charge in [-0.15, -0.1) is 0 Å².